The van der Waals surface area contributed by atoms with Crippen LogP contribution < -0.4 is 9.44 Å². The van der Waals surface area contributed by atoms with Crippen LogP contribution in [0.1, 0.15) is 21.9 Å². The van der Waals surface area contributed by atoms with Crippen molar-refractivity contribution in [2.24, 2.45) is 0 Å². The zero-order valence-corrected chi connectivity index (χ0v) is 13.3. The summed E-state index contributed by atoms with van der Waals surface area (Å²) in [5.41, 5.74) is -0.462. The number of hydrogen-bond donors (Lipinski definition) is 3. The number of nitrogens with one attached hydrogen (secondary N) is 2. The lowest BCUT2D eigenvalue weighted by atomic mass is 10.2. The van der Waals surface area contributed by atoms with E-state index in [1.54, 1.807) is 0 Å². The number of sulfonamides is 2. The lowest BCUT2D eigenvalue weighted by molar-refractivity contribution is 0.0691. The molecule has 0 unspecified atom stereocenters. The fourth-order valence-electron chi connectivity index (χ4n) is 1.72. The van der Waals surface area contributed by atoms with Gasteiger partial charge in [0.1, 0.15) is 22.0 Å². The second-order valence-electron chi connectivity index (χ2n) is 4.14. The van der Waals surface area contributed by atoms with Gasteiger partial charge in [-0.25, -0.2) is 31.1 Å². The summed E-state index contributed by atoms with van der Waals surface area (Å²) >= 11 is 0. The minimum Gasteiger partial charge on any atom is -0.478 e. The van der Waals surface area contributed by atoms with Crippen LogP contribution in [0.15, 0.2) is 9.31 Å². The molecular weight excluding hydrogens is 324 g/mol. The SMILES string of the molecule is CNS(=O)(=O)CCNS(=O)(=O)c1c(C)oc(C)c1C(=O)O. The molecule has 0 atom stereocenters. The van der Waals surface area contributed by atoms with Crippen LogP contribution in [0.4, 0.5) is 0 Å². The molecule has 0 fully saturated rings. The van der Waals surface area contributed by atoms with Crippen LogP contribution in [0, 0.1) is 13.8 Å². The van der Waals surface area contributed by atoms with Gasteiger partial charge in [-0.2, -0.15) is 0 Å². The van der Waals surface area contributed by atoms with Crippen LogP contribution in [0.5, 0.6) is 0 Å². The van der Waals surface area contributed by atoms with E-state index in [0.29, 0.717) is 0 Å². The van der Waals surface area contributed by atoms with Crippen molar-refractivity contribution >= 4 is 26.0 Å². The highest BCUT2D eigenvalue weighted by Gasteiger charge is 2.30. The molecule has 0 saturated heterocycles. The predicted molar refractivity (Wildman–Crippen MR) is 73.2 cm³/mol. The van der Waals surface area contributed by atoms with E-state index in [1.165, 1.54) is 20.9 Å². The summed E-state index contributed by atoms with van der Waals surface area (Å²) in [5, 5.41) is 9.06. The fourth-order valence-corrected chi connectivity index (χ4v) is 3.86. The van der Waals surface area contributed by atoms with E-state index >= 15 is 0 Å². The van der Waals surface area contributed by atoms with Gasteiger partial charge < -0.3 is 9.52 Å². The van der Waals surface area contributed by atoms with E-state index in [1.807, 2.05) is 9.44 Å². The molecule has 0 aliphatic heterocycles. The minimum absolute atomic E-state index is 0.0387. The maximum Gasteiger partial charge on any atom is 0.340 e. The van der Waals surface area contributed by atoms with Crippen LogP contribution >= 0.6 is 0 Å². The zero-order chi connectivity index (χ0) is 16.4. The molecule has 1 aromatic heterocycles. The maximum atomic E-state index is 12.1. The highest BCUT2D eigenvalue weighted by Crippen LogP contribution is 2.26. The first-order valence-corrected chi connectivity index (χ1v) is 8.89. The molecule has 0 bridgehead atoms. The molecule has 1 heterocycles. The maximum absolute atomic E-state index is 12.1. The van der Waals surface area contributed by atoms with Gasteiger partial charge in [0, 0.05) is 6.54 Å². The molecule has 21 heavy (non-hydrogen) atoms. The molecule has 0 radical (unpaired) electrons. The smallest absolute Gasteiger partial charge is 0.340 e. The third-order valence-electron chi connectivity index (χ3n) is 2.66. The van der Waals surface area contributed by atoms with E-state index in [4.69, 9.17) is 9.52 Å². The Kier molecular flexibility index (Phi) is 5.15. The largest absolute Gasteiger partial charge is 0.478 e. The second kappa shape index (κ2) is 6.13. The van der Waals surface area contributed by atoms with Crippen LogP contribution in [-0.2, 0) is 20.0 Å². The van der Waals surface area contributed by atoms with Crippen molar-refractivity contribution in [2.75, 3.05) is 19.3 Å². The van der Waals surface area contributed by atoms with Crippen molar-refractivity contribution in [3.8, 4) is 0 Å². The highest BCUT2D eigenvalue weighted by atomic mass is 32.2. The number of rotatable bonds is 7. The van der Waals surface area contributed by atoms with Crippen LogP contribution in [-0.4, -0.2) is 47.3 Å². The van der Waals surface area contributed by atoms with E-state index < -0.39 is 48.8 Å². The van der Waals surface area contributed by atoms with Gasteiger partial charge in [-0.1, -0.05) is 0 Å². The van der Waals surface area contributed by atoms with E-state index in [2.05, 4.69) is 0 Å². The first-order valence-electron chi connectivity index (χ1n) is 5.76. The monoisotopic (exact) mass is 340 g/mol. The second-order valence-corrected chi connectivity index (χ2v) is 7.89. The van der Waals surface area contributed by atoms with Gasteiger partial charge in [0.25, 0.3) is 0 Å². The van der Waals surface area contributed by atoms with Crippen LogP contribution in [0.3, 0.4) is 0 Å². The van der Waals surface area contributed by atoms with E-state index in [0.717, 1.165) is 0 Å². The molecule has 3 N–H and O–H groups in total. The predicted octanol–water partition coefficient (Wildman–Crippen LogP) is -0.578. The van der Waals surface area contributed by atoms with Gasteiger partial charge >= 0.3 is 5.97 Å². The Morgan fingerprint density at radius 2 is 1.76 bits per heavy atom. The third-order valence-corrected chi connectivity index (χ3v) is 5.64. The fraction of sp³-hybridized carbons (Fsp3) is 0.500. The lowest BCUT2D eigenvalue weighted by Crippen LogP contribution is -2.33. The lowest BCUT2D eigenvalue weighted by Gasteiger charge is -2.07. The normalized spacial score (nSPS) is 12.5. The van der Waals surface area contributed by atoms with Gasteiger partial charge in [0.15, 0.2) is 0 Å². The van der Waals surface area contributed by atoms with Gasteiger partial charge in [-0.3, -0.25) is 0 Å². The third kappa shape index (κ3) is 4.03. The number of furan rings is 1. The van der Waals surface area contributed by atoms with Gasteiger partial charge in [-0.15, -0.1) is 0 Å². The number of aromatic carboxylic acids is 1. The van der Waals surface area contributed by atoms with Crippen LogP contribution in [0.2, 0.25) is 0 Å². The van der Waals surface area contributed by atoms with Gasteiger partial charge in [0.05, 0.1) is 5.75 Å². The summed E-state index contributed by atoms with van der Waals surface area (Å²) in [6.07, 6.45) is 0. The first-order chi connectivity index (χ1) is 9.52. The molecule has 0 saturated carbocycles. The molecule has 0 aromatic carbocycles. The number of carboxylic acids is 1. The Morgan fingerprint density at radius 1 is 1.19 bits per heavy atom. The van der Waals surface area contributed by atoms with E-state index in [9.17, 15) is 21.6 Å². The number of hydrogen-bond acceptors (Lipinski definition) is 6. The molecule has 120 valence electrons. The summed E-state index contributed by atoms with van der Waals surface area (Å²) in [7, 11) is -6.56. The first kappa shape index (κ1) is 17.6. The molecule has 9 nitrogen and oxygen atoms in total. The highest BCUT2D eigenvalue weighted by molar-refractivity contribution is 7.90. The summed E-state index contributed by atoms with van der Waals surface area (Å²) in [6.45, 7) is 2.26. The minimum atomic E-state index is -4.19. The Hall–Kier alpha value is -1.43. The molecule has 0 aliphatic rings. The number of aryl methyl sites for hydroxylation is 2. The number of carbonyl (C=O) groups is 1. The Bertz CT molecular complexity index is 747. The average molecular weight is 340 g/mol. The van der Waals surface area contributed by atoms with E-state index in [-0.39, 0.29) is 11.5 Å². The van der Waals surface area contributed by atoms with Crippen molar-refractivity contribution in [1.29, 1.82) is 0 Å². The topological polar surface area (TPSA) is 143 Å². The number of carboxylic acid groups (broad SMARTS) is 1. The summed E-state index contributed by atoms with van der Waals surface area (Å²) in [4.78, 5) is 10.6. The zero-order valence-electron chi connectivity index (χ0n) is 11.6. The standard InChI is InChI=1S/C10H16N2O7S2/c1-6-8(10(13)14)9(7(2)19-6)21(17,18)12-4-5-20(15,16)11-3/h11-12H,4-5H2,1-3H3,(H,13,14). The molecule has 11 heteroatoms. The van der Waals surface area contributed by atoms with Crippen molar-refractivity contribution < 1.29 is 31.2 Å². The van der Waals surface area contributed by atoms with Crippen molar-refractivity contribution in [3.05, 3.63) is 17.1 Å². The molecule has 0 spiro atoms. The molecule has 0 amide bonds. The van der Waals surface area contributed by atoms with Gasteiger partial charge in [0.2, 0.25) is 20.0 Å². The summed E-state index contributed by atoms with van der Waals surface area (Å²) in [6, 6.07) is 0. The van der Waals surface area contributed by atoms with Crippen molar-refractivity contribution in [3.63, 3.8) is 0 Å². The molecular formula is C10H16N2O7S2. The molecule has 0 aliphatic carbocycles. The average Bonchev–Trinajstić information content (AvgIpc) is 2.64. The summed E-state index contributed by atoms with van der Waals surface area (Å²) in [5.74, 6) is -2.02. The molecule has 1 aromatic rings. The quantitative estimate of drug-likeness (QED) is 0.602. The summed E-state index contributed by atoms with van der Waals surface area (Å²) < 4.78 is 55.8. The van der Waals surface area contributed by atoms with Crippen molar-refractivity contribution in [1.82, 2.24) is 9.44 Å². The molecule has 1 rings (SSSR count). The van der Waals surface area contributed by atoms with Crippen LogP contribution in [0.25, 0.3) is 0 Å². The van der Waals surface area contributed by atoms with Crippen molar-refractivity contribution in [2.45, 2.75) is 18.7 Å². The Balaban J connectivity index is 3.07. The Morgan fingerprint density at radius 3 is 2.24 bits per heavy atom. The Labute approximate surface area is 122 Å². The van der Waals surface area contributed by atoms with Gasteiger partial charge in [-0.05, 0) is 20.9 Å².